The number of hydrogen-bond acceptors (Lipinski definition) is 2. The van der Waals surface area contributed by atoms with E-state index >= 15 is 0 Å². The third-order valence-corrected chi connectivity index (χ3v) is 4.46. The summed E-state index contributed by atoms with van der Waals surface area (Å²) in [5.41, 5.74) is 2.82. The number of benzene rings is 2. The molecule has 1 fully saturated rings. The summed E-state index contributed by atoms with van der Waals surface area (Å²) in [6, 6.07) is 14.0. The van der Waals surface area contributed by atoms with Crippen molar-refractivity contribution in [3.05, 3.63) is 65.2 Å². The first-order chi connectivity index (χ1) is 11.4. The lowest BCUT2D eigenvalue weighted by Gasteiger charge is -2.36. The van der Waals surface area contributed by atoms with Crippen LogP contribution in [0.15, 0.2) is 48.5 Å². The molecule has 0 N–H and O–H groups in total. The van der Waals surface area contributed by atoms with Crippen molar-refractivity contribution in [2.75, 3.05) is 31.1 Å². The van der Waals surface area contributed by atoms with Crippen LogP contribution in [0.2, 0.25) is 0 Å². The molecular weight excluding hydrogens is 313 g/mol. The van der Waals surface area contributed by atoms with Gasteiger partial charge in [-0.25, -0.2) is 0 Å². The lowest BCUT2D eigenvalue weighted by Crippen LogP contribution is -2.45. The van der Waals surface area contributed by atoms with Crippen molar-refractivity contribution >= 4 is 5.69 Å². The number of rotatable bonds is 3. The molecule has 3 rings (SSSR count). The van der Waals surface area contributed by atoms with Crippen LogP contribution >= 0.6 is 0 Å². The number of alkyl halides is 3. The molecule has 0 radical (unpaired) electrons. The van der Waals surface area contributed by atoms with Gasteiger partial charge in [0, 0.05) is 38.4 Å². The lowest BCUT2D eigenvalue weighted by atomic mass is 10.1. The van der Waals surface area contributed by atoms with Crippen molar-refractivity contribution < 1.29 is 13.2 Å². The summed E-state index contributed by atoms with van der Waals surface area (Å²) in [6.45, 7) is 6.46. The molecule has 0 aliphatic carbocycles. The molecule has 1 heterocycles. The third-order valence-electron chi connectivity index (χ3n) is 4.46. The predicted octanol–water partition coefficient (Wildman–Crippen LogP) is 4.34. The Hall–Kier alpha value is -2.01. The monoisotopic (exact) mass is 334 g/mol. The van der Waals surface area contributed by atoms with E-state index in [1.165, 1.54) is 11.3 Å². The van der Waals surface area contributed by atoms with E-state index in [4.69, 9.17) is 0 Å². The summed E-state index contributed by atoms with van der Waals surface area (Å²) in [4.78, 5) is 4.63. The molecule has 0 spiro atoms. The standard InChI is InChI=1S/C19H21F3N2/c1-15-2-8-18(9-3-15)24-12-10-23(11-13-24)14-16-4-6-17(7-5-16)19(20,21)22/h2-9H,10-14H2,1H3. The number of anilines is 1. The largest absolute Gasteiger partial charge is 0.416 e. The van der Waals surface area contributed by atoms with Crippen LogP contribution in [-0.2, 0) is 12.7 Å². The highest BCUT2D eigenvalue weighted by molar-refractivity contribution is 5.47. The number of aryl methyl sites for hydroxylation is 1. The molecule has 128 valence electrons. The van der Waals surface area contributed by atoms with E-state index in [0.29, 0.717) is 6.54 Å². The normalized spacial score (nSPS) is 16.4. The first kappa shape index (κ1) is 16.8. The summed E-state index contributed by atoms with van der Waals surface area (Å²) in [5.74, 6) is 0. The van der Waals surface area contributed by atoms with Crippen molar-refractivity contribution in [3.8, 4) is 0 Å². The van der Waals surface area contributed by atoms with E-state index < -0.39 is 11.7 Å². The van der Waals surface area contributed by atoms with E-state index in [1.807, 2.05) is 0 Å². The fourth-order valence-electron chi connectivity index (χ4n) is 2.98. The second-order valence-corrected chi connectivity index (χ2v) is 6.29. The molecule has 0 saturated carbocycles. The zero-order chi connectivity index (χ0) is 17.2. The van der Waals surface area contributed by atoms with Gasteiger partial charge in [0.25, 0.3) is 0 Å². The molecule has 0 atom stereocenters. The van der Waals surface area contributed by atoms with Crippen LogP contribution in [0, 0.1) is 6.92 Å². The molecule has 0 bridgehead atoms. The van der Waals surface area contributed by atoms with E-state index in [1.54, 1.807) is 12.1 Å². The van der Waals surface area contributed by atoms with Gasteiger partial charge in [-0.15, -0.1) is 0 Å². The summed E-state index contributed by atoms with van der Waals surface area (Å²) in [6.07, 6.45) is -4.27. The van der Waals surface area contributed by atoms with Gasteiger partial charge in [-0.05, 0) is 36.8 Å². The molecule has 0 aromatic heterocycles. The van der Waals surface area contributed by atoms with Crippen LogP contribution in [-0.4, -0.2) is 31.1 Å². The molecule has 2 nitrogen and oxygen atoms in total. The summed E-state index contributed by atoms with van der Waals surface area (Å²) >= 11 is 0. The lowest BCUT2D eigenvalue weighted by molar-refractivity contribution is -0.137. The molecule has 2 aromatic carbocycles. The maximum absolute atomic E-state index is 12.6. The molecule has 0 amide bonds. The maximum Gasteiger partial charge on any atom is 0.416 e. The Labute approximate surface area is 140 Å². The van der Waals surface area contributed by atoms with E-state index in [0.717, 1.165) is 43.9 Å². The minimum atomic E-state index is -4.27. The van der Waals surface area contributed by atoms with Gasteiger partial charge >= 0.3 is 6.18 Å². The Balaban J connectivity index is 1.54. The quantitative estimate of drug-likeness (QED) is 0.824. The van der Waals surface area contributed by atoms with E-state index in [-0.39, 0.29) is 0 Å². The Bertz CT molecular complexity index is 655. The number of piperazine rings is 1. The highest BCUT2D eigenvalue weighted by atomic mass is 19.4. The Morgan fingerprint density at radius 2 is 1.42 bits per heavy atom. The molecule has 1 saturated heterocycles. The van der Waals surface area contributed by atoms with Gasteiger partial charge in [0.2, 0.25) is 0 Å². The van der Waals surface area contributed by atoms with Crippen molar-refractivity contribution in [2.45, 2.75) is 19.6 Å². The molecule has 1 aliphatic rings. The average molecular weight is 334 g/mol. The summed E-state index contributed by atoms with van der Waals surface area (Å²) in [5, 5.41) is 0. The second kappa shape index (κ2) is 6.85. The summed E-state index contributed by atoms with van der Waals surface area (Å²) in [7, 11) is 0. The highest BCUT2D eigenvalue weighted by Gasteiger charge is 2.30. The number of nitrogens with zero attached hydrogens (tertiary/aromatic N) is 2. The zero-order valence-corrected chi connectivity index (χ0v) is 13.7. The minimum absolute atomic E-state index is 0.588. The van der Waals surface area contributed by atoms with Crippen LogP contribution in [0.3, 0.4) is 0 Å². The Morgan fingerprint density at radius 1 is 0.833 bits per heavy atom. The van der Waals surface area contributed by atoms with Crippen molar-refractivity contribution in [3.63, 3.8) is 0 Å². The first-order valence-corrected chi connectivity index (χ1v) is 8.12. The number of halogens is 3. The Morgan fingerprint density at radius 3 is 1.96 bits per heavy atom. The van der Waals surface area contributed by atoms with Gasteiger partial charge in [-0.3, -0.25) is 4.90 Å². The minimum Gasteiger partial charge on any atom is -0.369 e. The predicted molar refractivity (Wildman–Crippen MR) is 90.1 cm³/mol. The zero-order valence-electron chi connectivity index (χ0n) is 13.7. The molecule has 5 heteroatoms. The fourth-order valence-corrected chi connectivity index (χ4v) is 2.98. The second-order valence-electron chi connectivity index (χ2n) is 6.29. The summed E-state index contributed by atoms with van der Waals surface area (Å²) < 4.78 is 37.8. The van der Waals surface area contributed by atoms with Crippen LogP contribution in [0.4, 0.5) is 18.9 Å². The SMILES string of the molecule is Cc1ccc(N2CCN(Cc3ccc(C(F)(F)F)cc3)CC2)cc1. The van der Waals surface area contributed by atoms with Gasteiger partial charge in [0.05, 0.1) is 5.56 Å². The first-order valence-electron chi connectivity index (χ1n) is 8.12. The number of hydrogen-bond donors (Lipinski definition) is 0. The molecule has 1 aliphatic heterocycles. The van der Waals surface area contributed by atoms with Gasteiger partial charge < -0.3 is 4.90 Å². The van der Waals surface area contributed by atoms with Crippen molar-refractivity contribution in [2.24, 2.45) is 0 Å². The topological polar surface area (TPSA) is 6.48 Å². The van der Waals surface area contributed by atoms with Crippen LogP contribution in [0.5, 0.6) is 0 Å². The van der Waals surface area contributed by atoms with Gasteiger partial charge in [-0.2, -0.15) is 13.2 Å². The smallest absolute Gasteiger partial charge is 0.369 e. The van der Waals surface area contributed by atoms with Gasteiger partial charge in [0.15, 0.2) is 0 Å². The average Bonchev–Trinajstić information content (AvgIpc) is 2.56. The van der Waals surface area contributed by atoms with E-state index in [9.17, 15) is 13.2 Å². The van der Waals surface area contributed by atoms with Crippen molar-refractivity contribution in [1.29, 1.82) is 0 Å². The van der Waals surface area contributed by atoms with Crippen LogP contribution in [0.25, 0.3) is 0 Å². The third kappa shape index (κ3) is 4.09. The molecule has 0 unspecified atom stereocenters. The Kier molecular flexibility index (Phi) is 4.81. The highest BCUT2D eigenvalue weighted by Crippen LogP contribution is 2.29. The van der Waals surface area contributed by atoms with Gasteiger partial charge in [-0.1, -0.05) is 29.8 Å². The molecule has 2 aromatic rings. The molecular formula is C19H21F3N2. The molecule has 24 heavy (non-hydrogen) atoms. The van der Waals surface area contributed by atoms with E-state index in [2.05, 4.69) is 41.0 Å². The van der Waals surface area contributed by atoms with Gasteiger partial charge in [0.1, 0.15) is 0 Å². The van der Waals surface area contributed by atoms with Crippen LogP contribution in [0.1, 0.15) is 16.7 Å². The van der Waals surface area contributed by atoms with Crippen molar-refractivity contribution in [1.82, 2.24) is 4.90 Å². The van der Waals surface area contributed by atoms with Crippen LogP contribution < -0.4 is 4.90 Å². The fraction of sp³-hybridized carbons (Fsp3) is 0.368. The maximum atomic E-state index is 12.6.